The number of amides is 2. The monoisotopic (exact) mass is 308 g/mol. The van der Waals surface area contributed by atoms with Crippen molar-refractivity contribution in [3.8, 4) is 0 Å². The summed E-state index contributed by atoms with van der Waals surface area (Å²) in [5, 5.41) is 3.71. The first-order chi connectivity index (χ1) is 11.1. The molecule has 0 aliphatic carbocycles. The first kappa shape index (κ1) is 14.7. The number of aromatic nitrogens is 3. The Bertz CT molecular complexity index is 839. The Morgan fingerprint density at radius 2 is 1.78 bits per heavy atom. The van der Waals surface area contributed by atoms with Crippen molar-refractivity contribution in [3.63, 3.8) is 0 Å². The summed E-state index contributed by atoms with van der Waals surface area (Å²) in [6.45, 7) is 3.73. The smallest absolute Gasteiger partial charge is 0.304 e. The van der Waals surface area contributed by atoms with Crippen LogP contribution in [0.2, 0.25) is 0 Å². The number of pyridine rings is 1. The van der Waals surface area contributed by atoms with Crippen molar-refractivity contribution in [3.05, 3.63) is 54.0 Å². The average Bonchev–Trinajstić information content (AvgIpc) is 2.52. The van der Waals surface area contributed by atoms with Crippen molar-refractivity contribution < 1.29 is 4.79 Å². The van der Waals surface area contributed by atoms with Crippen LogP contribution in [0.3, 0.4) is 0 Å². The summed E-state index contributed by atoms with van der Waals surface area (Å²) in [6.07, 6.45) is 1.69. The third-order valence-corrected chi connectivity index (χ3v) is 3.15. The van der Waals surface area contributed by atoms with E-state index in [0.717, 1.165) is 22.3 Å². The van der Waals surface area contributed by atoms with Gasteiger partial charge in [0.25, 0.3) is 0 Å². The van der Waals surface area contributed by atoms with E-state index in [2.05, 4.69) is 31.1 Å². The lowest BCUT2D eigenvalue weighted by Gasteiger charge is -2.11. The molecule has 7 nitrogen and oxygen atoms in total. The number of fused-ring (bicyclic) bond motifs is 1. The molecule has 0 saturated carbocycles. The van der Waals surface area contributed by atoms with E-state index in [1.165, 1.54) is 0 Å². The fourth-order valence-electron chi connectivity index (χ4n) is 2.25. The Morgan fingerprint density at radius 1 is 1.04 bits per heavy atom. The van der Waals surface area contributed by atoms with Gasteiger partial charge in [-0.2, -0.15) is 0 Å². The Balaban J connectivity index is 1.69. The van der Waals surface area contributed by atoms with Crippen LogP contribution in [0.1, 0.15) is 11.4 Å². The summed E-state index contributed by atoms with van der Waals surface area (Å²) >= 11 is 0. The van der Waals surface area contributed by atoms with Crippen molar-refractivity contribution in [1.29, 1.82) is 0 Å². The molecule has 3 rings (SSSR count). The lowest BCUT2D eigenvalue weighted by atomic mass is 10.2. The molecule has 116 valence electrons. The first-order valence-corrected chi connectivity index (χ1v) is 7.11. The fraction of sp³-hybridized carbons (Fsp3) is 0.125. The van der Waals surface area contributed by atoms with Crippen LogP contribution in [0.25, 0.3) is 10.9 Å². The molecule has 7 heteroatoms. The maximum Gasteiger partial charge on any atom is 0.337 e. The maximum atomic E-state index is 12.0. The Kier molecular flexibility index (Phi) is 4.01. The fourth-order valence-corrected chi connectivity index (χ4v) is 2.25. The minimum Gasteiger partial charge on any atom is -0.304 e. The molecule has 0 unspecified atom stereocenters. The lowest BCUT2D eigenvalue weighted by molar-refractivity contribution is 0.253. The first-order valence-electron chi connectivity index (χ1n) is 7.11. The average molecular weight is 308 g/mol. The third-order valence-electron chi connectivity index (χ3n) is 3.15. The molecular weight excluding hydrogens is 292 g/mol. The molecule has 0 saturated heterocycles. The lowest BCUT2D eigenvalue weighted by Crippen LogP contribution is -2.34. The van der Waals surface area contributed by atoms with Crippen molar-refractivity contribution >= 4 is 28.6 Å². The molecule has 0 fully saturated rings. The molecule has 0 aliphatic heterocycles. The predicted octanol–water partition coefficient (Wildman–Crippen LogP) is 2.79. The van der Waals surface area contributed by atoms with Crippen LogP contribution in [0.15, 0.2) is 42.6 Å². The number of carbonyl (C=O) groups excluding carboxylic acids is 1. The standard InChI is InChI=1S/C16H16N6O/c1-10-9-11(2)19-15(18-10)21-22-16(23)20-13-7-3-5-12-6-4-8-17-14(12)13/h3-9H,1-2H3,(H,18,19,21)(H2,20,22,23). The van der Waals surface area contributed by atoms with E-state index in [1.54, 1.807) is 12.3 Å². The Morgan fingerprint density at radius 3 is 2.57 bits per heavy atom. The number of anilines is 2. The van der Waals surface area contributed by atoms with Crippen LogP contribution in [-0.2, 0) is 0 Å². The van der Waals surface area contributed by atoms with Gasteiger partial charge in [0.05, 0.1) is 11.2 Å². The van der Waals surface area contributed by atoms with Crippen LogP contribution >= 0.6 is 0 Å². The number of benzene rings is 1. The number of rotatable bonds is 3. The van der Waals surface area contributed by atoms with Crippen molar-refractivity contribution in [2.45, 2.75) is 13.8 Å². The molecule has 2 amide bonds. The molecule has 2 heterocycles. The van der Waals surface area contributed by atoms with E-state index in [9.17, 15) is 4.79 Å². The normalized spacial score (nSPS) is 10.3. The summed E-state index contributed by atoms with van der Waals surface area (Å²) in [7, 11) is 0. The summed E-state index contributed by atoms with van der Waals surface area (Å²) in [6, 6.07) is 10.8. The van der Waals surface area contributed by atoms with Crippen molar-refractivity contribution in [2.75, 3.05) is 10.7 Å². The van der Waals surface area contributed by atoms with E-state index >= 15 is 0 Å². The molecule has 0 spiro atoms. The van der Waals surface area contributed by atoms with Crippen LogP contribution in [0, 0.1) is 13.8 Å². The highest BCUT2D eigenvalue weighted by Gasteiger charge is 2.07. The second-order valence-electron chi connectivity index (χ2n) is 5.06. The van der Waals surface area contributed by atoms with Gasteiger partial charge in [0.2, 0.25) is 5.95 Å². The van der Waals surface area contributed by atoms with Gasteiger partial charge in [0.15, 0.2) is 0 Å². The maximum absolute atomic E-state index is 12.0. The number of hydrogen-bond acceptors (Lipinski definition) is 5. The second kappa shape index (κ2) is 6.27. The molecular formula is C16H16N6O. The molecule has 3 N–H and O–H groups in total. The number of hydrogen-bond donors (Lipinski definition) is 3. The van der Waals surface area contributed by atoms with Crippen LogP contribution in [0.5, 0.6) is 0 Å². The number of para-hydroxylation sites is 1. The number of hydrazine groups is 1. The van der Waals surface area contributed by atoms with E-state index < -0.39 is 6.03 Å². The van der Waals surface area contributed by atoms with Crippen LogP contribution in [-0.4, -0.2) is 21.0 Å². The summed E-state index contributed by atoms with van der Waals surface area (Å²) in [5.41, 5.74) is 8.20. The van der Waals surface area contributed by atoms with Gasteiger partial charge in [0, 0.05) is 23.0 Å². The van der Waals surface area contributed by atoms with Crippen LogP contribution in [0.4, 0.5) is 16.4 Å². The third kappa shape index (κ3) is 3.52. The van der Waals surface area contributed by atoms with E-state index in [0.29, 0.717) is 11.6 Å². The minimum atomic E-state index is -0.425. The van der Waals surface area contributed by atoms with Crippen molar-refractivity contribution in [2.24, 2.45) is 0 Å². The Labute approximate surface area is 133 Å². The van der Waals surface area contributed by atoms with Crippen molar-refractivity contribution in [1.82, 2.24) is 20.4 Å². The zero-order valence-electron chi connectivity index (χ0n) is 12.8. The van der Waals surface area contributed by atoms with Gasteiger partial charge in [0.1, 0.15) is 0 Å². The minimum absolute atomic E-state index is 0.341. The highest BCUT2D eigenvalue weighted by Crippen LogP contribution is 2.20. The largest absolute Gasteiger partial charge is 0.337 e. The molecule has 2 aromatic heterocycles. The molecule has 0 radical (unpaired) electrons. The number of carbonyl (C=O) groups is 1. The molecule has 23 heavy (non-hydrogen) atoms. The van der Waals surface area contributed by atoms with Crippen LogP contribution < -0.4 is 16.2 Å². The molecule has 1 aromatic carbocycles. The highest BCUT2D eigenvalue weighted by atomic mass is 16.2. The van der Waals surface area contributed by atoms with Gasteiger partial charge in [-0.15, -0.1) is 0 Å². The van der Waals surface area contributed by atoms with Gasteiger partial charge in [-0.1, -0.05) is 18.2 Å². The zero-order valence-corrected chi connectivity index (χ0v) is 12.8. The topological polar surface area (TPSA) is 91.8 Å². The highest BCUT2D eigenvalue weighted by molar-refractivity contribution is 5.99. The van der Waals surface area contributed by atoms with Gasteiger partial charge < -0.3 is 5.32 Å². The molecule has 0 aliphatic rings. The summed E-state index contributed by atoms with van der Waals surface area (Å²) in [5.74, 6) is 0.341. The second-order valence-corrected chi connectivity index (χ2v) is 5.06. The molecule has 0 bridgehead atoms. The Hall–Kier alpha value is -3.22. The van der Waals surface area contributed by atoms with E-state index in [1.807, 2.05) is 44.2 Å². The van der Waals surface area contributed by atoms with Gasteiger partial charge in [-0.05, 0) is 32.0 Å². The number of nitrogens with zero attached hydrogens (tertiary/aromatic N) is 3. The predicted molar refractivity (Wildman–Crippen MR) is 89.0 cm³/mol. The van der Waals surface area contributed by atoms with Gasteiger partial charge in [-0.3, -0.25) is 10.4 Å². The molecule has 3 aromatic rings. The summed E-state index contributed by atoms with van der Waals surface area (Å²) < 4.78 is 0. The number of aryl methyl sites for hydroxylation is 2. The van der Waals surface area contributed by atoms with Gasteiger partial charge in [-0.25, -0.2) is 20.2 Å². The SMILES string of the molecule is Cc1cc(C)nc(NNC(=O)Nc2cccc3cccnc23)n1. The number of nitrogens with one attached hydrogen (secondary N) is 3. The zero-order chi connectivity index (χ0) is 16.2. The quantitative estimate of drug-likeness (QED) is 0.647. The number of urea groups is 1. The van der Waals surface area contributed by atoms with E-state index in [4.69, 9.17) is 0 Å². The molecule has 0 atom stereocenters. The van der Waals surface area contributed by atoms with E-state index in [-0.39, 0.29) is 0 Å². The van der Waals surface area contributed by atoms with Gasteiger partial charge >= 0.3 is 6.03 Å². The summed E-state index contributed by atoms with van der Waals surface area (Å²) in [4.78, 5) is 24.7.